The summed E-state index contributed by atoms with van der Waals surface area (Å²) in [5.74, 6) is 0. The minimum absolute atomic E-state index is 0.326. The number of nitrogens with zero attached hydrogens (tertiary/aromatic N) is 2. The van der Waals surface area contributed by atoms with E-state index in [-0.39, 0.29) is 0 Å². The van der Waals surface area contributed by atoms with Gasteiger partial charge in [-0.05, 0) is 0 Å². The van der Waals surface area contributed by atoms with Crippen molar-refractivity contribution in [3.63, 3.8) is 0 Å². The van der Waals surface area contributed by atoms with Gasteiger partial charge in [0.05, 0.1) is 0 Å². The van der Waals surface area contributed by atoms with Crippen molar-refractivity contribution in [1.82, 2.24) is 0 Å². The number of fused-ring (bicyclic) bond motifs is 4. The Bertz CT molecular complexity index is 1320. The molecule has 0 aliphatic carbocycles. The first-order valence-corrected chi connectivity index (χ1v) is 14.7. The predicted molar refractivity (Wildman–Crippen MR) is 146 cm³/mol. The Balaban J connectivity index is 1.35. The van der Waals surface area contributed by atoms with E-state index < -0.39 is 0 Å². The molecule has 0 bridgehead atoms. The van der Waals surface area contributed by atoms with E-state index in [9.17, 15) is 0 Å². The molecule has 2 aliphatic rings. The van der Waals surface area contributed by atoms with Crippen molar-refractivity contribution in [2.45, 2.75) is 0 Å². The summed E-state index contributed by atoms with van der Waals surface area (Å²) >= 11 is 0.652. The summed E-state index contributed by atoms with van der Waals surface area (Å²) in [6.45, 7) is 0. The van der Waals surface area contributed by atoms with Crippen molar-refractivity contribution in [2.75, 3.05) is 9.80 Å². The molecule has 2 heterocycles. The molecule has 0 saturated heterocycles. The third-order valence-electron chi connectivity index (χ3n) is 6.23. The normalized spacial score (nSPS) is 13.5. The first kappa shape index (κ1) is 20.1. The van der Waals surface area contributed by atoms with Crippen molar-refractivity contribution >= 4 is 81.9 Å². The summed E-state index contributed by atoms with van der Waals surface area (Å²) in [5, 5.41) is 0. The first-order valence-electron chi connectivity index (χ1n) is 11.3. The number of para-hydroxylation sites is 4. The molecule has 0 radical (unpaired) electrons. The zero-order chi connectivity index (χ0) is 22.5. The van der Waals surface area contributed by atoms with Gasteiger partial charge in [0.25, 0.3) is 0 Å². The van der Waals surface area contributed by atoms with Crippen LogP contribution < -0.4 is 27.6 Å². The van der Waals surface area contributed by atoms with Gasteiger partial charge in [0, 0.05) is 0 Å². The maximum atomic E-state index is 2.42. The van der Waals surface area contributed by atoms with E-state index in [1.54, 1.807) is 0 Å². The predicted octanol–water partition coefficient (Wildman–Crippen LogP) is 4.56. The average molecular weight is 566 g/mol. The summed E-state index contributed by atoms with van der Waals surface area (Å²) in [7, 11) is 0. The van der Waals surface area contributed by atoms with Gasteiger partial charge in [-0.2, -0.15) is 0 Å². The van der Waals surface area contributed by atoms with Crippen molar-refractivity contribution < 1.29 is 0 Å². The summed E-state index contributed by atoms with van der Waals surface area (Å²) in [5.41, 5.74) is 7.58. The molecule has 7 rings (SSSR count). The minimum atomic E-state index is 0.326. The van der Waals surface area contributed by atoms with E-state index in [0.29, 0.717) is 29.9 Å². The van der Waals surface area contributed by atoms with E-state index in [1.165, 1.54) is 52.0 Å². The quantitative estimate of drug-likeness (QED) is 0.283. The number of benzene rings is 5. The van der Waals surface area contributed by atoms with Crippen molar-refractivity contribution in [1.29, 1.82) is 0 Å². The van der Waals surface area contributed by atoms with Gasteiger partial charge in [0.15, 0.2) is 0 Å². The van der Waals surface area contributed by atoms with Crippen LogP contribution in [0.25, 0.3) is 0 Å². The molecule has 0 unspecified atom stereocenters. The van der Waals surface area contributed by atoms with E-state index in [4.69, 9.17) is 0 Å². The second-order valence-electron chi connectivity index (χ2n) is 8.26. The molecule has 2 nitrogen and oxygen atoms in total. The van der Waals surface area contributed by atoms with Crippen LogP contribution in [0.2, 0.25) is 0 Å². The Labute approximate surface area is 212 Å². The molecule has 0 amide bonds. The SMILES string of the molecule is c1ccc2c(c1)[Se]c1ccccc1N2c1ccc(N2c3ccccc3[Se]c3ccccc32)cc1. The molecule has 0 fully saturated rings. The summed E-state index contributed by atoms with van der Waals surface area (Å²) < 4.78 is 5.72. The maximum absolute atomic E-state index is 2.42. The van der Waals surface area contributed by atoms with Crippen LogP contribution in [0.1, 0.15) is 0 Å². The van der Waals surface area contributed by atoms with Gasteiger partial charge in [-0.15, -0.1) is 0 Å². The second kappa shape index (κ2) is 8.20. The van der Waals surface area contributed by atoms with Crippen molar-refractivity contribution in [2.24, 2.45) is 0 Å². The average Bonchev–Trinajstić information content (AvgIpc) is 2.90. The number of hydrogen-bond acceptors (Lipinski definition) is 2. The Kier molecular flexibility index (Phi) is 4.86. The van der Waals surface area contributed by atoms with Crippen LogP contribution >= 0.6 is 0 Å². The summed E-state index contributed by atoms with van der Waals surface area (Å²) in [6.07, 6.45) is 0. The topological polar surface area (TPSA) is 6.48 Å². The Morgan fingerprint density at radius 2 is 0.588 bits per heavy atom. The number of rotatable bonds is 2. The fraction of sp³-hybridized carbons (Fsp3) is 0. The van der Waals surface area contributed by atoms with Crippen molar-refractivity contribution in [3.05, 3.63) is 121 Å². The standard InChI is InChI=1S/C30H20N2Se2/c1-5-13-27-23(9-1)31(24-10-2-6-14-28(24)33-27)21-17-19-22(20-18-21)32-25-11-3-7-15-29(25)34-30-16-8-4-12-26(30)32/h1-20H. The Hall–Kier alpha value is -3.26. The van der Waals surface area contributed by atoms with Crippen LogP contribution in [-0.2, 0) is 0 Å². The molecular formula is C30H20N2Se2. The molecule has 4 heteroatoms. The zero-order valence-electron chi connectivity index (χ0n) is 18.3. The van der Waals surface area contributed by atoms with Crippen LogP contribution in [0, 0.1) is 0 Å². The van der Waals surface area contributed by atoms with Crippen molar-refractivity contribution in [3.8, 4) is 0 Å². The van der Waals surface area contributed by atoms with Gasteiger partial charge in [0.1, 0.15) is 0 Å². The molecule has 34 heavy (non-hydrogen) atoms. The van der Waals surface area contributed by atoms with Gasteiger partial charge in [0.2, 0.25) is 0 Å². The van der Waals surface area contributed by atoms with E-state index in [0.717, 1.165) is 0 Å². The third kappa shape index (κ3) is 3.23. The van der Waals surface area contributed by atoms with Crippen LogP contribution in [0.3, 0.4) is 0 Å². The van der Waals surface area contributed by atoms with Gasteiger partial charge < -0.3 is 0 Å². The zero-order valence-corrected chi connectivity index (χ0v) is 21.7. The molecule has 0 N–H and O–H groups in total. The van der Waals surface area contributed by atoms with E-state index in [1.807, 2.05) is 0 Å². The number of anilines is 6. The molecular weight excluding hydrogens is 546 g/mol. The molecule has 0 aromatic heterocycles. The third-order valence-corrected chi connectivity index (χ3v) is 11.0. The van der Waals surface area contributed by atoms with E-state index in [2.05, 4.69) is 131 Å². The number of hydrogen-bond donors (Lipinski definition) is 0. The van der Waals surface area contributed by atoms with Gasteiger partial charge in [-0.25, -0.2) is 0 Å². The van der Waals surface area contributed by atoms with Crippen LogP contribution in [0.15, 0.2) is 121 Å². The summed E-state index contributed by atoms with van der Waals surface area (Å²) in [6, 6.07) is 44.4. The van der Waals surface area contributed by atoms with Gasteiger partial charge in [-0.3, -0.25) is 0 Å². The van der Waals surface area contributed by atoms with E-state index >= 15 is 0 Å². The molecule has 0 saturated carbocycles. The van der Waals surface area contributed by atoms with Crippen LogP contribution in [0.5, 0.6) is 0 Å². The Morgan fingerprint density at radius 1 is 0.324 bits per heavy atom. The van der Waals surface area contributed by atoms with Crippen LogP contribution in [-0.4, -0.2) is 29.9 Å². The second-order valence-corrected chi connectivity index (χ2v) is 12.8. The van der Waals surface area contributed by atoms with Gasteiger partial charge in [-0.1, -0.05) is 0 Å². The first-order chi connectivity index (χ1) is 16.9. The molecule has 5 aromatic rings. The van der Waals surface area contributed by atoms with Gasteiger partial charge >= 0.3 is 213 Å². The fourth-order valence-electron chi connectivity index (χ4n) is 4.72. The summed E-state index contributed by atoms with van der Waals surface area (Å²) in [4.78, 5) is 4.84. The van der Waals surface area contributed by atoms with Crippen LogP contribution in [0.4, 0.5) is 34.1 Å². The fourth-order valence-corrected chi connectivity index (χ4v) is 9.16. The monoisotopic (exact) mass is 568 g/mol. The molecule has 0 atom stereocenters. The molecule has 162 valence electrons. The Morgan fingerprint density at radius 3 is 0.882 bits per heavy atom. The molecule has 5 aromatic carbocycles. The molecule has 2 aliphatic heterocycles. The molecule has 0 spiro atoms.